The SMILES string of the molecule is Cc1nc(-c2c(F)cccc2F)sc1C(=O)Nc1ccc(C(N)=O)cc1. The van der Waals surface area contributed by atoms with Gasteiger partial charge in [0.25, 0.3) is 5.91 Å². The molecule has 0 aliphatic heterocycles. The molecule has 0 unspecified atom stereocenters. The second kappa shape index (κ2) is 7.01. The van der Waals surface area contributed by atoms with E-state index in [-0.39, 0.29) is 15.4 Å². The average molecular weight is 373 g/mol. The molecule has 0 aliphatic carbocycles. The molecule has 3 aromatic rings. The Bertz CT molecular complexity index is 980. The molecule has 0 spiro atoms. The molecule has 26 heavy (non-hydrogen) atoms. The van der Waals surface area contributed by atoms with Crippen LogP contribution in [0.2, 0.25) is 0 Å². The van der Waals surface area contributed by atoms with E-state index in [0.717, 1.165) is 23.5 Å². The van der Waals surface area contributed by atoms with E-state index in [0.29, 0.717) is 16.9 Å². The summed E-state index contributed by atoms with van der Waals surface area (Å²) in [5.41, 5.74) is 6.03. The zero-order valence-corrected chi connectivity index (χ0v) is 14.4. The number of benzene rings is 2. The number of primary amides is 1. The first-order valence-electron chi connectivity index (χ1n) is 7.50. The van der Waals surface area contributed by atoms with Crippen LogP contribution in [-0.2, 0) is 0 Å². The van der Waals surface area contributed by atoms with Crippen molar-refractivity contribution in [2.24, 2.45) is 5.73 Å². The molecule has 1 heterocycles. The van der Waals surface area contributed by atoms with Gasteiger partial charge in [0.1, 0.15) is 21.5 Å². The van der Waals surface area contributed by atoms with Crippen molar-refractivity contribution in [3.8, 4) is 10.6 Å². The van der Waals surface area contributed by atoms with E-state index in [2.05, 4.69) is 10.3 Å². The van der Waals surface area contributed by atoms with E-state index in [1.165, 1.54) is 30.3 Å². The summed E-state index contributed by atoms with van der Waals surface area (Å²) in [6, 6.07) is 9.56. The third kappa shape index (κ3) is 3.45. The van der Waals surface area contributed by atoms with E-state index in [1.54, 1.807) is 6.92 Å². The number of anilines is 1. The van der Waals surface area contributed by atoms with Crippen LogP contribution in [0.1, 0.15) is 25.7 Å². The second-order valence-electron chi connectivity index (χ2n) is 5.43. The van der Waals surface area contributed by atoms with Gasteiger partial charge in [-0.25, -0.2) is 13.8 Å². The van der Waals surface area contributed by atoms with Crippen molar-refractivity contribution >= 4 is 28.8 Å². The van der Waals surface area contributed by atoms with Gasteiger partial charge in [-0.15, -0.1) is 11.3 Å². The van der Waals surface area contributed by atoms with Crippen LogP contribution in [0, 0.1) is 18.6 Å². The van der Waals surface area contributed by atoms with Crippen molar-refractivity contribution in [3.05, 3.63) is 70.2 Å². The molecule has 0 fully saturated rings. The minimum absolute atomic E-state index is 0.0901. The molecule has 0 radical (unpaired) electrons. The van der Waals surface area contributed by atoms with Gasteiger partial charge < -0.3 is 11.1 Å². The number of carbonyl (C=O) groups is 2. The van der Waals surface area contributed by atoms with Crippen molar-refractivity contribution in [1.29, 1.82) is 0 Å². The molecular formula is C18H13F2N3O2S. The second-order valence-corrected chi connectivity index (χ2v) is 6.43. The van der Waals surface area contributed by atoms with Gasteiger partial charge in [-0.1, -0.05) is 6.07 Å². The number of nitrogens with zero attached hydrogens (tertiary/aromatic N) is 1. The van der Waals surface area contributed by atoms with Crippen molar-refractivity contribution in [2.75, 3.05) is 5.32 Å². The average Bonchev–Trinajstić information content (AvgIpc) is 2.96. The Hall–Kier alpha value is -3.13. The Morgan fingerprint density at radius 2 is 1.69 bits per heavy atom. The van der Waals surface area contributed by atoms with Crippen LogP contribution < -0.4 is 11.1 Å². The van der Waals surface area contributed by atoms with Crippen molar-refractivity contribution in [2.45, 2.75) is 6.92 Å². The molecule has 0 atom stereocenters. The highest BCUT2D eigenvalue weighted by Gasteiger charge is 2.20. The lowest BCUT2D eigenvalue weighted by molar-refractivity contribution is 0.0998. The van der Waals surface area contributed by atoms with Crippen LogP contribution in [0.5, 0.6) is 0 Å². The fourth-order valence-corrected chi connectivity index (χ4v) is 3.33. The first kappa shape index (κ1) is 17.7. The summed E-state index contributed by atoms with van der Waals surface area (Å²) in [5, 5.41) is 2.74. The summed E-state index contributed by atoms with van der Waals surface area (Å²) in [4.78, 5) is 27.9. The van der Waals surface area contributed by atoms with E-state index in [1.807, 2.05) is 0 Å². The fourth-order valence-electron chi connectivity index (χ4n) is 2.32. The highest BCUT2D eigenvalue weighted by Crippen LogP contribution is 2.32. The maximum Gasteiger partial charge on any atom is 0.267 e. The van der Waals surface area contributed by atoms with E-state index >= 15 is 0 Å². The molecule has 132 valence electrons. The molecule has 1 aromatic heterocycles. The highest BCUT2D eigenvalue weighted by atomic mass is 32.1. The lowest BCUT2D eigenvalue weighted by Crippen LogP contribution is -2.13. The molecule has 0 saturated carbocycles. The van der Waals surface area contributed by atoms with Gasteiger partial charge in [0, 0.05) is 11.3 Å². The molecule has 2 aromatic carbocycles. The van der Waals surface area contributed by atoms with Crippen molar-refractivity contribution in [1.82, 2.24) is 4.98 Å². The Morgan fingerprint density at radius 3 is 2.27 bits per heavy atom. The Labute approximate surface area is 151 Å². The molecule has 3 rings (SSSR count). The van der Waals surface area contributed by atoms with E-state index < -0.39 is 23.4 Å². The standard InChI is InChI=1S/C18H13F2N3O2S/c1-9-15(17(25)23-11-7-5-10(6-8-11)16(21)24)26-18(22-9)14-12(19)3-2-4-13(14)20/h2-8H,1H3,(H2,21,24)(H,23,25). The highest BCUT2D eigenvalue weighted by molar-refractivity contribution is 7.17. The molecule has 2 amide bonds. The number of aryl methyl sites for hydroxylation is 1. The maximum absolute atomic E-state index is 13.9. The Kier molecular flexibility index (Phi) is 4.77. The number of hydrogen-bond donors (Lipinski definition) is 2. The Morgan fingerprint density at radius 1 is 1.08 bits per heavy atom. The van der Waals surface area contributed by atoms with Crippen LogP contribution >= 0.6 is 11.3 Å². The molecule has 0 aliphatic rings. The molecule has 0 saturated heterocycles. The summed E-state index contributed by atoms with van der Waals surface area (Å²) in [6.45, 7) is 1.59. The summed E-state index contributed by atoms with van der Waals surface area (Å²) in [7, 11) is 0. The predicted molar refractivity (Wildman–Crippen MR) is 95.1 cm³/mol. The summed E-state index contributed by atoms with van der Waals surface area (Å²) in [6.07, 6.45) is 0. The number of thiazole rings is 1. The summed E-state index contributed by atoms with van der Waals surface area (Å²) in [5.74, 6) is -2.52. The van der Waals surface area contributed by atoms with Crippen LogP contribution in [0.25, 0.3) is 10.6 Å². The summed E-state index contributed by atoms with van der Waals surface area (Å²) < 4.78 is 27.8. The number of rotatable bonds is 4. The van der Waals surface area contributed by atoms with E-state index in [9.17, 15) is 18.4 Å². The fraction of sp³-hybridized carbons (Fsp3) is 0.0556. The van der Waals surface area contributed by atoms with Gasteiger partial charge in [0.2, 0.25) is 5.91 Å². The van der Waals surface area contributed by atoms with E-state index in [4.69, 9.17) is 5.73 Å². The molecule has 8 heteroatoms. The molecular weight excluding hydrogens is 360 g/mol. The normalized spacial score (nSPS) is 10.6. The van der Waals surface area contributed by atoms with Gasteiger partial charge in [-0.05, 0) is 43.3 Å². The molecule has 5 nitrogen and oxygen atoms in total. The third-order valence-corrected chi connectivity index (χ3v) is 4.78. The van der Waals surface area contributed by atoms with Crippen molar-refractivity contribution in [3.63, 3.8) is 0 Å². The first-order chi connectivity index (χ1) is 12.4. The lowest BCUT2D eigenvalue weighted by Gasteiger charge is -2.04. The monoisotopic (exact) mass is 373 g/mol. The minimum atomic E-state index is -0.743. The first-order valence-corrected chi connectivity index (χ1v) is 8.31. The number of carbonyl (C=O) groups excluding carboxylic acids is 2. The number of amides is 2. The van der Waals surface area contributed by atoms with Crippen LogP contribution in [0.3, 0.4) is 0 Å². The van der Waals surface area contributed by atoms with Gasteiger partial charge in [-0.3, -0.25) is 9.59 Å². The molecule has 0 bridgehead atoms. The number of nitrogens with one attached hydrogen (secondary N) is 1. The lowest BCUT2D eigenvalue weighted by atomic mass is 10.2. The number of halogens is 2. The maximum atomic E-state index is 13.9. The quantitative estimate of drug-likeness (QED) is 0.730. The van der Waals surface area contributed by atoms with Crippen LogP contribution in [0.4, 0.5) is 14.5 Å². The van der Waals surface area contributed by atoms with Gasteiger partial charge in [0.15, 0.2) is 0 Å². The van der Waals surface area contributed by atoms with Gasteiger partial charge >= 0.3 is 0 Å². The van der Waals surface area contributed by atoms with Gasteiger partial charge in [-0.2, -0.15) is 0 Å². The smallest absolute Gasteiger partial charge is 0.267 e. The largest absolute Gasteiger partial charge is 0.366 e. The van der Waals surface area contributed by atoms with Crippen molar-refractivity contribution < 1.29 is 18.4 Å². The third-order valence-electron chi connectivity index (χ3n) is 3.61. The zero-order chi connectivity index (χ0) is 18.8. The number of nitrogens with two attached hydrogens (primary N) is 1. The van der Waals surface area contributed by atoms with Gasteiger partial charge in [0.05, 0.1) is 11.3 Å². The topological polar surface area (TPSA) is 85.1 Å². The minimum Gasteiger partial charge on any atom is -0.366 e. The number of aromatic nitrogens is 1. The molecule has 3 N–H and O–H groups in total. The Balaban J connectivity index is 1.87. The van der Waals surface area contributed by atoms with Crippen LogP contribution in [0.15, 0.2) is 42.5 Å². The van der Waals surface area contributed by atoms with Crippen LogP contribution in [-0.4, -0.2) is 16.8 Å². The number of hydrogen-bond acceptors (Lipinski definition) is 4. The zero-order valence-electron chi connectivity index (χ0n) is 13.5. The summed E-state index contributed by atoms with van der Waals surface area (Å²) >= 11 is 0.899. The predicted octanol–water partition coefficient (Wildman–Crippen LogP) is 3.75.